The Hall–Kier alpha value is -2.58. The Kier molecular flexibility index (Phi) is 4.88. The van der Waals surface area contributed by atoms with Crippen molar-refractivity contribution in [1.29, 1.82) is 0 Å². The monoisotopic (exact) mass is 376 g/mol. The average Bonchev–Trinajstić information content (AvgIpc) is 2.60. The quantitative estimate of drug-likeness (QED) is 0.830. The van der Waals surface area contributed by atoms with E-state index in [0.29, 0.717) is 17.9 Å². The zero-order valence-corrected chi connectivity index (χ0v) is 15.3. The number of aliphatic hydroxyl groups is 1. The normalized spacial score (nSPS) is 15.2. The summed E-state index contributed by atoms with van der Waals surface area (Å²) in [5, 5.41) is 13.4. The molecule has 26 heavy (non-hydrogen) atoms. The maximum Gasteiger partial charge on any atom is 0.415 e. The number of hydrogen-bond acceptors (Lipinski definition) is 6. The van der Waals surface area contributed by atoms with Crippen LogP contribution in [0.1, 0.15) is 17.2 Å². The molecule has 138 valence electrons. The number of hydrogen-bond donors (Lipinski definition) is 2. The Bertz CT molecular complexity index is 925. The molecular weight excluding hydrogens is 356 g/mol. The second-order valence-electron chi connectivity index (χ2n) is 6.28. The highest BCUT2D eigenvalue weighted by molar-refractivity contribution is 7.90. The van der Waals surface area contributed by atoms with E-state index in [4.69, 9.17) is 4.74 Å². The van der Waals surface area contributed by atoms with Crippen molar-refractivity contribution in [2.45, 2.75) is 17.5 Å². The number of rotatable bonds is 5. The van der Waals surface area contributed by atoms with E-state index in [2.05, 4.69) is 5.32 Å². The summed E-state index contributed by atoms with van der Waals surface area (Å²) in [6.07, 6.45) is -0.0311. The summed E-state index contributed by atoms with van der Waals surface area (Å²) < 4.78 is 28.1. The zero-order chi connectivity index (χ0) is 18.9. The van der Waals surface area contributed by atoms with Gasteiger partial charge in [0.1, 0.15) is 5.75 Å². The molecule has 8 heteroatoms. The largest absolute Gasteiger partial charge is 0.415 e. The van der Waals surface area contributed by atoms with Gasteiger partial charge in [-0.1, -0.05) is 12.1 Å². The number of nitrogens with one attached hydrogen (secondary N) is 1. The molecule has 1 amide bonds. The minimum atomic E-state index is -3.25. The Morgan fingerprint density at radius 2 is 1.92 bits per heavy atom. The summed E-state index contributed by atoms with van der Waals surface area (Å²) in [6, 6.07) is 11.5. The van der Waals surface area contributed by atoms with Crippen molar-refractivity contribution < 1.29 is 23.1 Å². The van der Waals surface area contributed by atoms with Gasteiger partial charge in [0, 0.05) is 31.1 Å². The lowest BCUT2D eigenvalue weighted by molar-refractivity contribution is 0.150. The standard InChI is InChI=1S/C18H20N2O5S/c1-20-11-13-9-14(5-8-17(13)25-18(20)22)19-10-16(21)12-3-6-15(7-4-12)26(2,23)24/h3-9,16,19,21H,10-11H2,1-2H3. The third-order valence-electron chi connectivity index (χ3n) is 4.17. The van der Waals surface area contributed by atoms with Crippen LogP contribution in [0.25, 0.3) is 0 Å². The lowest BCUT2D eigenvalue weighted by atomic mass is 10.1. The van der Waals surface area contributed by atoms with Crippen LogP contribution in [-0.4, -0.2) is 44.4 Å². The first-order valence-corrected chi connectivity index (χ1v) is 9.91. The number of amides is 1. The molecule has 0 fully saturated rings. The van der Waals surface area contributed by atoms with Crippen LogP contribution in [0.4, 0.5) is 10.5 Å². The van der Waals surface area contributed by atoms with Crippen molar-refractivity contribution in [1.82, 2.24) is 4.90 Å². The average molecular weight is 376 g/mol. The molecule has 2 aromatic rings. The number of aliphatic hydroxyl groups excluding tert-OH is 1. The van der Waals surface area contributed by atoms with E-state index >= 15 is 0 Å². The number of carbonyl (C=O) groups excluding carboxylic acids is 1. The van der Waals surface area contributed by atoms with Gasteiger partial charge in [-0.25, -0.2) is 13.2 Å². The van der Waals surface area contributed by atoms with Crippen LogP contribution < -0.4 is 10.1 Å². The minimum Gasteiger partial charge on any atom is -0.410 e. The minimum absolute atomic E-state index is 0.217. The van der Waals surface area contributed by atoms with Crippen molar-refractivity contribution in [3.63, 3.8) is 0 Å². The molecule has 2 N–H and O–H groups in total. The van der Waals surface area contributed by atoms with E-state index in [0.717, 1.165) is 17.5 Å². The van der Waals surface area contributed by atoms with Crippen LogP contribution in [-0.2, 0) is 16.4 Å². The molecule has 0 radical (unpaired) electrons. The molecule has 1 aliphatic rings. The molecule has 0 aromatic heterocycles. The zero-order valence-electron chi connectivity index (χ0n) is 14.5. The molecule has 1 unspecified atom stereocenters. The van der Waals surface area contributed by atoms with Gasteiger partial charge in [-0.15, -0.1) is 0 Å². The molecule has 1 heterocycles. The van der Waals surface area contributed by atoms with Crippen molar-refractivity contribution in [3.8, 4) is 5.75 Å². The number of anilines is 1. The molecule has 0 aliphatic carbocycles. The summed E-state index contributed by atoms with van der Waals surface area (Å²) in [5.41, 5.74) is 2.29. The SMILES string of the molecule is CN1Cc2cc(NCC(O)c3ccc(S(C)(=O)=O)cc3)ccc2OC1=O. The Labute approximate surface area is 152 Å². The highest BCUT2D eigenvalue weighted by Gasteiger charge is 2.21. The van der Waals surface area contributed by atoms with Gasteiger partial charge in [0.05, 0.1) is 17.5 Å². The fraction of sp³-hybridized carbons (Fsp3) is 0.278. The van der Waals surface area contributed by atoms with Gasteiger partial charge in [-0.2, -0.15) is 0 Å². The van der Waals surface area contributed by atoms with Gasteiger partial charge in [-0.05, 0) is 35.9 Å². The van der Waals surface area contributed by atoms with Crippen molar-refractivity contribution >= 4 is 21.6 Å². The van der Waals surface area contributed by atoms with Crippen molar-refractivity contribution in [2.75, 3.05) is 25.2 Å². The number of fused-ring (bicyclic) bond motifs is 1. The van der Waals surface area contributed by atoms with E-state index in [-0.39, 0.29) is 17.5 Å². The van der Waals surface area contributed by atoms with Gasteiger partial charge in [0.15, 0.2) is 9.84 Å². The smallest absolute Gasteiger partial charge is 0.410 e. The molecule has 7 nitrogen and oxygen atoms in total. The van der Waals surface area contributed by atoms with Crippen LogP contribution in [0.5, 0.6) is 5.75 Å². The Morgan fingerprint density at radius 1 is 1.23 bits per heavy atom. The maximum absolute atomic E-state index is 11.5. The molecule has 0 spiro atoms. The molecule has 1 atom stereocenters. The fourth-order valence-electron chi connectivity index (χ4n) is 2.67. The van der Waals surface area contributed by atoms with Gasteiger partial charge < -0.3 is 20.1 Å². The number of benzene rings is 2. The van der Waals surface area contributed by atoms with Gasteiger partial charge in [0.25, 0.3) is 0 Å². The summed E-state index contributed by atoms with van der Waals surface area (Å²) in [6.45, 7) is 0.714. The number of sulfone groups is 1. The third kappa shape index (κ3) is 3.97. The van der Waals surface area contributed by atoms with Gasteiger partial charge in [0.2, 0.25) is 0 Å². The number of nitrogens with zero attached hydrogens (tertiary/aromatic N) is 1. The number of ether oxygens (including phenoxy) is 1. The second kappa shape index (κ2) is 6.97. The summed E-state index contributed by atoms with van der Waals surface area (Å²) in [5.74, 6) is 0.538. The van der Waals surface area contributed by atoms with Crippen LogP contribution in [0.15, 0.2) is 47.4 Å². The van der Waals surface area contributed by atoms with Crippen LogP contribution >= 0.6 is 0 Å². The summed E-state index contributed by atoms with van der Waals surface area (Å²) in [7, 11) is -1.59. The van der Waals surface area contributed by atoms with Gasteiger partial charge >= 0.3 is 6.09 Å². The predicted molar refractivity (Wildman–Crippen MR) is 96.9 cm³/mol. The maximum atomic E-state index is 11.5. The highest BCUT2D eigenvalue weighted by atomic mass is 32.2. The first-order chi connectivity index (χ1) is 12.2. The first-order valence-electron chi connectivity index (χ1n) is 8.02. The van der Waals surface area contributed by atoms with Crippen LogP contribution in [0.2, 0.25) is 0 Å². The third-order valence-corrected chi connectivity index (χ3v) is 5.30. The second-order valence-corrected chi connectivity index (χ2v) is 8.30. The summed E-state index contributed by atoms with van der Waals surface area (Å²) in [4.78, 5) is 13.2. The number of carbonyl (C=O) groups is 1. The molecule has 2 aromatic carbocycles. The topological polar surface area (TPSA) is 95.9 Å². The molecule has 1 aliphatic heterocycles. The van der Waals surface area contributed by atoms with Gasteiger partial charge in [-0.3, -0.25) is 0 Å². The lowest BCUT2D eigenvalue weighted by Gasteiger charge is -2.25. The first kappa shape index (κ1) is 18.2. The van der Waals surface area contributed by atoms with E-state index in [1.165, 1.54) is 17.0 Å². The molecule has 0 saturated carbocycles. The molecule has 3 rings (SSSR count). The van der Waals surface area contributed by atoms with Crippen LogP contribution in [0, 0.1) is 0 Å². The van der Waals surface area contributed by atoms with Crippen molar-refractivity contribution in [2.24, 2.45) is 0 Å². The lowest BCUT2D eigenvalue weighted by Crippen LogP contribution is -2.33. The summed E-state index contributed by atoms with van der Waals surface area (Å²) >= 11 is 0. The highest BCUT2D eigenvalue weighted by Crippen LogP contribution is 2.28. The van der Waals surface area contributed by atoms with E-state index in [9.17, 15) is 18.3 Å². The van der Waals surface area contributed by atoms with E-state index in [1.807, 2.05) is 6.07 Å². The van der Waals surface area contributed by atoms with Crippen molar-refractivity contribution in [3.05, 3.63) is 53.6 Å². The fourth-order valence-corrected chi connectivity index (χ4v) is 3.30. The Morgan fingerprint density at radius 3 is 2.58 bits per heavy atom. The molecule has 0 saturated heterocycles. The molecule has 0 bridgehead atoms. The van der Waals surface area contributed by atoms with Crippen LogP contribution in [0.3, 0.4) is 0 Å². The predicted octanol–water partition coefficient (Wildman–Crippen LogP) is 2.18. The Balaban J connectivity index is 1.65. The van der Waals surface area contributed by atoms with E-state index in [1.54, 1.807) is 31.3 Å². The molecular formula is C18H20N2O5S. The van der Waals surface area contributed by atoms with E-state index < -0.39 is 15.9 Å².